The average Bonchev–Trinajstić information content (AvgIpc) is 2.71. The first-order valence-electron chi connectivity index (χ1n) is 5.26. The molecule has 1 saturated heterocycles. The molecule has 0 saturated carbocycles. The van der Waals surface area contributed by atoms with Gasteiger partial charge in [0.2, 0.25) is 0 Å². The molecular weight excluding hydrogens is 227 g/mol. The summed E-state index contributed by atoms with van der Waals surface area (Å²) in [6.07, 6.45) is -2.26. The topological polar surface area (TPSA) is 44.8 Å². The molecule has 0 aromatic heterocycles. The molecule has 1 aromatic rings. The fourth-order valence-electron chi connectivity index (χ4n) is 1.83. The van der Waals surface area contributed by atoms with Crippen molar-refractivity contribution in [1.82, 2.24) is 0 Å². The molecule has 5 heteroatoms. The second kappa shape index (κ2) is 4.81. The van der Waals surface area contributed by atoms with E-state index in [-0.39, 0.29) is 0 Å². The number of carbonyl (C=O) groups excluding carboxylic acids is 1. The van der Waals surface area contributed by atoms with Crippen molar-refractivity contribution in [2.75, 3.05) is 7.11 Å². The van der Waals surface area contributed by atoms with E-state index in [4.69, 9.17) is 9.47 Å². The lowest BCUT2D eigenvalue weighted by Gasteiger charge is -2.15. The van der Waals surface area contributed by atoms with Crippen LogP contribution in [0.2, 0.25) is 0 Å². The number of hydrogen-bond acceptors (Lipinski definition) is 4. The van der Waals surface area contributed by atoms with Gasteiger partial charge in [-0.3, -0.25) is 0 Å². The Labute approximate surface area is 98.3 Å². The smallest absolute Gasteiger partial charge is 0.338 e. The summed E-state index contributed by atoms with van der Waals surface area (Å²) in [5, 5.41) is 0. The van der Waals surface area contributed by atoms with E-state index < -0.39 is 30.3 Å². The molecule has 0 bridgehead atoms. The number of esters is 1. The standard InChI is InChI=1S/C12H13FO4/c1-7-16-10(11(17-7)12(14)15-2)8-5-3-4-6-9(8)13/h3-7,10-11H,1-2H3/t7?,10-,11+/m1/s1. The van der Waals surface area contributed by atoms with Crippen molar-refractivity contribution in [3.63, 3.8) is 0 Å². The van der Waals surface area contributed by atoms with Crippen LogP contribution in [0.4, 0.5) is 4.39 Å². The fraction of sp³-hybridized carbons (Fsp3) is 0.417. The molecule has 1 aliphatic rings. The van der Waals surface area contributed by atoms with Crippen LogP contribution in [0.25, 0.3) is 0 Å². The number of benzene rings is 1. The highest BCUT2D eigenvalue weighted by Gasteiger charge is 2.41. The Morgan fingerprint density at radius 1 is 1.35 bits per heavy atom. The number of hydrogen-bond donors (Lipinski definition) is 0. The highest BCUT2D eigenvalue weighted by molar-refractivity contribution is 5.76. The van der Waals surface area contributed by atoms with Crippen molar-refractivity contribution in [2.45, 2.75) is 25.4 Å². The maximum absolute atomic E-state index is 13.6. The third-order valence-corrected chi connectivity index (χ3v) is 2.60. The zero-order valence-corrected chi connectivity index (χ0v) is 9.55. The predicted octanol–water partition coefficient (Wildman–Crippen LogP) is 1.80. The highest BCUT2D eigenvalue weighted by Crippen LogP contribution is 2.34. The molecule has 0 amide bonds. The van der Waals surface area contributed by atoms with Crippen molar-refractivity contribution in [3.05, 3.63) is 35.6 Å². The molecule has 2 rings (SSSR count). The molecule has 0 aliphatic carbocycles. The van der Waals surface area contributed by atoms with Crippen LogP contribution in [-0.4, -0.2) is 25.5 Å². The summed E-state index contributed by atoms with van der Waals surface area (Å²) in [5.41, 5.74) is 0.298. The maximum Gasteiger partial charge on any atom is 0.338 e. The minimum Gasteiger partial charge on any atom is -0.467 e. The van der Waals surface area contributed by atoms with Crippen LogP contribution in [0, 0.1) is 5.82 Å². The largest absolute Gasteiger partial charge is 0.467 e. The molecule has 3 atom stereocenters. The second-order valence-corrected chi connectivity index (χ2v) is 3.73. The molecule has 17 heavy (non-hydrogen) atoms. The van der Waals surface area contributed by atoms with Gasteiger partial charge >= 0.3 is 5.97 Å². The Morgan fingerprint density at radius 3 is 2.71 bits per heavy atom. The Kier molecular flexibility index (Phi) is 3.40. The van der Waals surface area contributed by atoms with E-state index >= 15 is 0 Å². The molecule has 1 heterocycles. The van der Waals surface area contributed by atoms with Gasteiger partial charge in [0, 0.05) is 5.56 Å². The predicted molar refractivity (Wildman–Crippen MR) is 56.6 cm³/mol. The minimum absolute atomic E-state index is 0.298. The first kappa shape index (κ1) is 12.0. The molecule has 1 unspecified atom stereocenters. The van der Waals surface area contributed by atoms with E-state index in [1.807, 2.05) is 0 Å². The van der Waals surface area contributed by atoms with Crippen molar-refractivity contribution < 1.29 is 23.4 Å². The molecular formula is C12H13FO4. The lowest BCUT2D eigenvalue weighted by molar-refractivity contribution is -0.153. The summed E-state index contributed by atoms with van der Waals surface area (Å²) in [5.74, 6) is -0.994. The van der Waals surface area contributed by atoms with Crippen LogP contribution in [-0.2, 0) is 19.0 Å². The summed E-state index contributed by atoms with van der Waals surface area (Å²) >= 11 is 0. The number of ether oxygens (including phenoxy) is 3. The van der Waals surface area contributed by atoms with Crippen LogP contribution < -0.4 is 0 Å². The van der Waals surface area contributed by atoms with Crippen LogP contribution in [0.3, 0.4) is 0 Å². The Hall–Kier alpha value is -1.46. The fourth-order valence-corrected chi connectivity index (χ4v) is 1.83. The van der Waals surface area contributed by atoms with Crippen molar-refractivity contribution in [2.24, 2.45) is 0 Å². The summed E-state index contributed by atoms with van der Waals surface area (Å²) < 4.78 is 28.9. The van der Waals surface area contributed by atoms with Gasteiger partial charge in [0.05, 0.1) is 7.11 Å². The lowest BCUT2D eigenvalue weighted by atomic mass is 10.0. The third-order valence-electron chi connectivity index (χ3n) is 2.60. The van der Waals surface area contributed by atoms with E-state index in [1.54, 1.807) is 25.1 Å². The first-order valence-corrected chi connectivity index (χ1v) is 5.26. The van der Waals surface area contributed by atoms with Gasteiger partial charge in [0.25, 0.3) is 0 Å². The van der Waals surface area contributed by atoms with Gasteiger partial charge in [0.15, 0.2) is 12.4 Å². The second-order valence-electron chi connectivity index (χ2n) is 3.73. The number of rotatable bonds is 2. The van der Waals surface area contributed by atoms with Gasteiger partial charge in [-0.05, 0) is 13.0 Å². The summed E-state index contributed by atoms with van der Waals surface area (Å²) in [4.78, 5) is 11.5. The molecule has 4 nitrogen and oxygen atoms in total. The molecule has 1 aromatic carbocycles. The van der Waals surface area contributed by atoms with Crippen LogP contribution in [0.5, 0.6) is 0 Å². The van der Waals surface area contributed by atoms with Gasteiger partial charge in [-0.25, -0.2) is 9.18 Å². The van der Waals surface area contributed by atoms with E-state index in [1.165, 1.54) is 13.2 Å². The summed E-state index contributed by atoms with van der Waals surface area (Å²) in [7, 11) is 1.26. The quantitative estimate of drug-likeness (QED) is 0.739. The monoisotopic (exact) mass is 240 g/mol. The van der Waals surface area contributed by atoms with Gasteiger partial charge in [-0.1, -0.05) is 18.2 Å². The van der Waals surface area contributed by atoms with Crippen molar-refractivity contribution in [3.8, 4) is 0 Å². The molecule has 0 radical (unpaired) electrons. The van der Waals surface area contributed by atoms with Gasteiger partial charge in [-0.2, -0.15) is 0 Å². The SMILES string of the molecule is COC(=O)[C@H]1OC(C)O[C@@H]1c1ccccc1F. The maximum atomic E-state index is 13.6. The van der Waals surface area contributed by atoms with Crippen molar-refractivity contribution in [1.29, 1.82) is 0 Å². The van der Waals surface area contributed by atoms with E-state index in [9.17, 15) is 9.18 Å². The molecule has 92 valence electrons. The lowest BCUT2D eigenvalue weighted by Crippen LogP contribution is -2.27. The zero-order valence-electron chi connectivity index (χ0n) is 9.55. The Morgan fingerprint density at radius 2 is 2.06 bits per heavy atom. The van der Waals surface area contributed by atoms with Crippen LogP contribution in [0.15, 0.2) is 24.3 Å². The van der Waals surface area contributed by atoms with Crippen LogP contribution >= 0.6 is 0 Å². The zero-order chi connectivity index (χ0) is 12.4. The Balaban J connectivity index is 2.30. The number of carbonyl (C=O) groups is 1. The molecule has 1 aliphatic heterocycles. The summed E-state index contributed by atoms with van der Waals surface area (Å²) in [6.45, 7) is 1.65. The van der Waals surface area contributed by atoms with E-state index in [0.717, 1.165) is 0 Å². The molecule has 0 N–H and O–H groups in total. The highest BCUT2D eigenvalue weighted by atomic mass is 19.1. The normalized spacial score (nSPS) is 28.1. The van der Waals surface area contributed by atoms with Gasteiger partial charge < -0.3 is 14.2 Å². The Bertz CT molecular complexity index is 421. The average molecular weight is 240 g/mol. The number of halogens is 1. The minimum atomic E-state index is -0.924. The molecule has 1 fully saturated rings. The summed E-state index contributed by atoms with van der Waals surface area (Å²) in [6, 6.07) is 6.14. The van der Waals surface area contributed by atoms with Crippen molar-refractivity contribution >= 4 is 5.97 Å². The van der Waals surface area contributed by atoms with E-state index in [2.05, 4.69) is 4.74 Å². The first-order chi connectivity index (χ1) is 8.13. The van der Waals surface area contributed by atoms with Gasteiger partial charge in [-0.15, -0.1) is 0 Å². The number of methoxy groups -OCH3 is 1. The van der Waals surface area contributed by atoms with Crippen LogP contribution in [0.1, 0.15) is 18.6 Å². The molecule has 0 spiro atoms. The van der Waals surface area contributed by atoms with E-state index in [0.29, 0.717) is 5.56 Å². The third kappa shape index (κ3) is 2.30. The van der Waals surface area contributed by atoms with Gasteiger partial charge in [0.1, 0.15) is 11.9 Å².